The Bertz CT molecular complexity index is 748. The highest BCUT2D eigenvalue weighted by molar-refractivity contribution is 5.99. The van der Waals surface area contributed by atoms with Gasteiger partial charge < -0.3 is 14.7 Å². The molecule has 0 bridgehead atoms. The van der Waals surface area contributed by atoms with E-state index in [1.165, 1.54) is 5.69 Å². The van der Waals surface area contributed by atoms with E-state index in [1.807, 2.05) is 6.92 Å². The molecule has 3 rings (SSSR count). The van der Waals surface area contributed by atoms with E-state index >= 15 is 0 Å². The Hall–Kier alpha value is -2.86. The molecule has 0 atom stereocenters. The summed E-state index contributed by atoms with van der Waals surface area (Å²) >= 11 is 0. The number of rotatable bonds is 5. The minimum atomic E-state index is -0.938. The van der Waals surface area contributed by atoms with Gasteiger partial charge in [0.2, 0.25) is 0 Å². The van der Waals surface area contributed by atoms with Crippen molar-refractivity contribution in [3.05, 3.63) is 59.7 Å². The molecule has 1 aliphatic rings. The monoisotopic (exact) mass is 339 g/mol. The summed E-state index contributed by atoms with van der Waals surface area (Å²) in [7, 11) is 0. The fourth-order valence-corrected chi connectivity index (χ4v) is 2.64. The molecular formula is C19H21N3O3. The molecule has 0 amide bonds. The van der Waals surface area contributed by atoms with Crippen LogP contribution in [0.15, 0.2) is 53.6 Å². The molecule has 0 spiro atoms. The van der Waals surface area contributed by atoms with Crippen LogP contribution < -0.4 is 10.3 Å². The van der Waals surface area contributed by atoms with Gasteiger partial charge >= 0.3 is 5.97 Å². The van der Waals surface area contributed by atoms with Gasteiger partial charge in [0.1, 0.15) is 0 Å². The van der Waals surface area contributed by atoms with Gasteiger partial charge in [-0.15, -0.1) is 0 Å². The van der Waals surface area contributed by atoms with E-state index < -0.39 is 5.97 Å². The van der Waals surface area contributed by atoms with Crippen LogP contribution in [0.4, 0.5) is 11.4 Å². The van der Waals surface area contributed by atoms with E-state index in [2.05, 4.69) is 39.7 Å². The summed E-state index contributed by atoms with van der Waals surface area (Å²) in [5, 5.41) is 13.3. The molecule has 2 aromatic carbocycles. The number of carbonyl (C=O) groups is 1. The van der Waals surface area contributed by atoms with Gasteiger partial charge in [0.05, 0.1) is 30.2 Å². The minimum absolute atomic E-state index is 0.255. The van der Waals surface area contributed by atoms with Crippen LogP contribution >= 0.6 is 0 Å². The second-order valence-corrected chi connectivity index (χ2v) is 5.84. The predicted molar refractivity (Wildman–Crippen MR) is 98.7 cm³/mol. The largest absolute Gasteiger partial charge is 0.478 e. The third-order valence-electron chi connectivity index (χ3n) is 4.15. The second kappa shape index (κ2) is 7.81. The summed E-state index contributed by atoms with van der Waals surface area (Å²) in [5.74, 6) is -0.938. The number of carboxylic acids is 1. The van der Waals surface area contributed by atoms with Gasteiger partial charge in [-0.3, -0.25) is 5.43 Å². The van der Waals surface area contributed by atoms with E-state index in [9.17, 15) is 4.79 Å². The fourth-order valence-electron chi connectivity index (χ4n) is 2.64. The van der Waals surface area contributed by atoms with E-state index in [0.29, 0.717) is 0 Å². The maximum atomic E-state index is 10.8. The van der Waals surface area contributed by atoms with Crippen molar-refractivity contribution >= 4 is 23.1 Å². The molecule has 130 valence electrons. The Morgan fingerprint density at radius 1 is 1.04 bits per heavy atom. The standard InChI is InChI=1S/C19H21N3O3/c1-14(20-21-17-6-2-16(3-7-17)19(23)24)15-4-8-18(9-5-15)22-10-12-25-13-11-22/h2-9,21H,10-13H2,1H3,(H,23,24). The van der Waals surface area contributed by atoms with Crippen LogP contribution in [0.25, 0.3) is 0 Å². The Morgan fingerprint density at radius 3 is 2.24 bits per heavy atom. The zero-order chi connectivity index (χ0) is 17.6. The van der Waals surface area contributed by atoms with Crippen LogP contribution in [0, 0.1) is 0 Å². The molecule has 1 heterocycles. The molecular weight excluding hydrogens is 318 g/mol. The molecule has 0 unspecified atom stereocenters. The Morgan fingerprint density at radius 2 is 1.64 bits per heavy atom. The molecule has 0 aliphatic carbocycles. The number of aromatic carboxylic acids is 1. The molecule has 1 saturated heterocycles. The fraction of sp³-hybridized carbons (Fsp3) is 0.263. The summed E-state index contributed by atoms with van der Waals surface area (Å²) in [6.07, 6.45) is 0. The lowest BCUT2D eigenvalue weighted by atomic mass is 10.1. The third-order valence-corrected chi connectivity index (χ3v) is 4.15. The van der Waals surface area contributed by atoms with Crippen LogP contribution in [-0.4, -0.2) is 43.1 Å². The number of anilines is 2. The van der Waals surface area contributed by atoms with E-state index in [1.54, 1.807) is 24.3 Å². The summed E-state index contributed by atoms with van der Waals surface area (Å²) < 4.78 is 5.38. The quantitative estimate of drug-likeness (QED) is 0.647. The zero-order valence-corrected chi connectivity index (χ0v) is 14.1. The molecule has 2 aromatic rings. The van der Waals surface area contributed by atoms with Crippen LogP contribution in [0.1, 0.15) is 22.8 Å². The van der Waals surface area contributed by atoms with Gasteiger partial charge in [-0.2, -0.15) is 5.10 Å². The number of carboxylic acid groups (broad SMARTS) is 1. The molecule has 1 fully saturated rings. The highest BCUT2D eigenvalue weighted by Gasteiger charge is 2.11. The zero-order valence-electron chi connectivity index (χ0n) is 14.1. The van der Waals surface area contributed by atoms with E-state index in [0.717, 1.165) is 43.3 Å². The summed E-state index contributed by atoms with van der Waals surface area (Å²) in [6, 6.07) is 14.8. The first-order valence-corrected chi connectivity index (χ1v) is 8.20. The lowest BCUT2D eigenvalue weighted by molar-refractivity contribution is 0.0697. The van der Waals surface area contributed by atoms with Crippen LogP contribution in [0.2, 0.25) is 0 Å². The molecule has 0 saturated carbocycles. The van der Waals surface area contributed by atoms with Crippen molar-refractivity contribution < 1.29 is 14.6 Å². The first kappa shape index (κ1) is 17.0. The normalized spacial score (nSPS) is 15.1. The van der Waals surface area contributed by atoms with Crippen molar-refractivity contribution in [3.63, 3.8) is 0 Å². The van der Waals surface area contributed by atoms with Gasteiger partial charge in [-0.1, -0.05) is 12.1 Å². The molecule has 0 radical (unpaired) electrons. The number of hydrogen-bond acceptors (Lipinski definition) is 5. The Balaban J connectivity index is 1.64. The predicted octanol–water partition coefficient (Wildman–Crippen LogP) is 3.06. The molecule has 1 aliphatic heterocycles. The summed E-state index contributed by atoms with van der Waals surface area (Å²) in [6.45, 7) is 5.31. The van der Waals surface area contributed by atoms with Gasteiger partial charge in [-0.25, -0.2) is 4.79 Å². The highest BCUT2D eigenvalue weighted by atomic mass is 16.5. The first-order chi connectivity index (χ1) is 12.1. The lowest BCUT2D eigenvalue weighted by Gasteiger charge is -2.28. The average molecular weight is 339 g/mol. The number of nitrogens with one attached hydrogen (secondary N) is 1. The average Bonchev–Trinajstić information content (AvgIpc) is 2.67. The molecule has 25 heavy (non-hydrogen) atoms. The molecule has 6 nitrogen and oxygen atoms in total. The van der Waals surface area contributed by atoms with Crippen molar-refractivity contribution in [1.82, 2.24) is 0 Å². The Kier molecular flexibility index (Phi) is 5.30. The maximum absolute atomic E-state index is 10.8. The number of ether oxygens (including phenoxy) is 1. The lowest BCUT2D eigenvalue weighted by Crippen LogP contribution is -2.36. The SMILES string of the molecule is CC(=NNc1ccc(C(=O)O)cc1)c1ccc(N2CCOCC2)cc1. The van der Waals surface area contributed by atoms with Crippen molar-refractivity contribution in [2.24, 2.45) is 5.10 Å². The van der Waals surface area contributed by atoms with E-state index in [-0.39, 0.29) is 5.56 Å². The molecule has 6 heteroatoms. The molecule has 2 N–H and O–H groups in total. The maximum Gasteiger partial charge on any atom is 0.335 e. The Labute approximate surface area is 146 Å². The van der Waals surface area contributed by atoms with Crippen molar-refractivity contribution in [2.75, 3.05) is 36.6 Å². The minimum Gasteiger partial charge on any atom is -0.478 e. The van der Waals surface area contributed by atoms with Crippen molar-refractivity contribution in [2.45, 2.75) is 6.92 Å². The smallest absolute Gasteiger partial charge is 0.335 e. The van der Waals surface area contributed by atoms with Crippen LogP contribution in [0.3, 0.4) is 0 Å². The van der Waals surface area contributed by atoms with Gasteiger partial charge in [0.25, 0.3) is 0 Å². The number of morpholine rings is 1. The van der Waals surface area contributed by atoms with Gasteiger partial charge in [0, 0.05) is 18.8 Å². The molecule has 0 aromatic heterocycles. The number of hydrazone groups is 1. The van der Waals surface area contributed by atoms with Gasteiger partial charge in [0.15, 0.2) is 0 Å². The summed E-state index contributed by atoms with van der Waals surface area (Å²) in [5.41, 5.74) is 7.04. The first-order valence-electron chi connectivity index (χ1n) is 8.20. The number of hydrogen-bond donors (Lipinski definition) is 2. The highest BCUT2D eigenvalue weighted by Crippen LogP contribution is 2.17. The van der Waals surface area contributed by atoms with Crippen molar-refractivity contribution in [1.29, 1.82) is 0 Å². The van der Waals surface area contributed by atoms with E-state index in [4.69, 9.17) is 9.84 Å². The summed E-state index contributed by atoms with van der Waals surface area (Å²) in [4.78, 5) is 13.2. The van der Waals surface area contributed by atoms with Crippen LogP contribution in [0.5, 0.6) is 0 Å². The third kappa shape index (κ3) is 4.36. The number of nitrogens with zero attached hydrogens (tertiary/aromatic N) is 2. The van der Waals surface area contributed by atoms with Crippen LogP contribution in [-0.2, 0) is 4.74 Å². The topological polar surface area (TPSA) is 74.2 Å². The second-order valence-electron chi connectivity index (χ2n) is 5.84. The van der Waals surface area contributed by atoms with Gasteiger partial charge in [-0.05, 0) is 48.9 Å². The van der Waals surface area contributed by atoms with Crippen molar-refractivity contribution in [3.8, 4) is 0 Å². The number of benzene rings is 2.